The Kier molecular flexibility index (Phi) is 5.44. The van der Waals surface area contributed by atoms with E-state index in [0.29, 0.717) is 0 Å². The van der Waals surface area contributed by atoms with Crippen molar-refractivity contribution in [2.75, 3.05) is 6.61 Å². The van der Waals surface area contributed by atoms with Crippen LogP contribution in [0.2, 0.25) is 0 Å². The molecule has 0 heterocycles. The third kappa shape index (κ3) is 4.18. The third-order valence-corrected chi connectivity index (χ3v) is 2.73. The highest BCUT2D eigenvalue weighted by Crippen LogP contribution is 2.25. The van der Waals surface area contributed by atoms with Gasteiger partial charge in [-0.05, 0) is 19.8 Å². The van der Waals surface area contributed by atoms with Gasteiger partial charge in [-0.25, -0.2) is 0 Å². The summed E-state index contributed by atoms with van der Waals surface area (Å²) in [6.45, 7) is 6.80. The van der Waals surface area contributed by atoms with Crippen LogP contribution in [0.1, 0.15) is 34.1 Å². The molecular formula is C11H20O5. The van der Waals surface area contributed by atoms with Crippen molar-refractivity contribution in [3.8, 4) is 0 Å². The molecule has 0 aliphatic carbocycles. The standard InChI is InChI=1S/C11H20O5/c1-5-16-10(14)8(9(12)13)6-11(4,15)7(2)3/h7-8,15H,5-6H2,1-4H3,(H,12,13). The van der Waals surface area contributed by atoms with Crippen molar-refractivity contribution >= 4 is 11.9 Å². The third-order valence-electron chi connectivity index (χ3n) is 2.73. The zero-order valence-electron chi connectivity index (χ0n) is 10.2. The van der Waals surface area contributed by atoms with Gasteiger partial charge in [0.25, 0.3) is 0 Å². The first-order valence-electron chi connectivity index (χ1n) is 5.34. The fourth-order valence-electron chi connectivity index (χ4n) is 1.16. The van der Waals surface area contributed by atoms with E-state index in [1.165, 1.54) is 6.92 Å². The predicted octanol–water partition coefficient (Wildman–Crippen LogP) is 1.05. The quantitative estimate of drug-likeness (QED) is 0.528. The largest absolute Gasteiger partial charge is 0.481 e. The van der Waals surface area contributed by atoms with Crippen LogP contribution in [0.5, 0.6) is 0 Å². The molecule has 0 aliphatic heterocycles. The van der Waals surface area contributed by atoms with Crippen molar-refractivity contribution in [1.82, 2.24) is 0 Å². The Morgan fingerprint density at radius 2 is 1.88 bits per heavy atom. The second-order valence-corrected chi connectivity index (χ2v) is 4.36. The summed E-state index contributed by atoms with van der Waals surface area (Å²) >= 11 is 0. The van der Waals surface area contributed by atoms with Crippen LogP contribution in [-0.4, -0.2) is 34.4 Å². The molecule has 0 spiro atoms. The van der Waals surface area contributed by atoms with E-state index >= 15 is 0 Å². The van der Waals surface area contributed by atoms with Gasteiger partial charge in [0, 0.05) is 6.42 Å². The molecule has 5 nitrogen and oxygen atoms in total. The minimum atomic E-state index is -1.31. The van der Waals surface area contributed by atoms with Crippen molar-refractivity contribution < 1.29 is 24.5 Å². The number of hydrogen-bond acceptors (Lipinski definition) is 4. The summed E-state index contributed by atoms with van der Waals surface area (Å²) in [5, 5.41) is 18.9. The summed E-state index contributed by atoms with van der Waals surface area (Å²) in [7, 11) is 0. The number of aliphatic hydroxyl groups is 1. The highest BCUT2D eigenvalue weighted by atomic mass is 16.5. The Morgan fingerprint density at radius 3 is 2.19 bits per heavy atom. The highest BCUT2D eigenvalue weighted by molar-refractivity contribution is 5.94. The number of ether oxygens (including phenoxy) is 1. The fraction of sp³-hybridized carbons (Fsp3) is 0.818. The summed E-state index contributed by atoms with van der Waals surface area (Å²) < 4.78 is 4.66. The highest BCUT2D eigenvalue weighted by Gasteiger charge is 2.37. The van der Waals surface area contributed by atoms with Crippen LogP contribution in [0.3, 0.4) is 0 Å². The minimum absolute atomic E-state index is 0.131. The van der Waals surface area contributed by atoms with Crippen molar-refractivity contribution in [2.45, 2.75) is 39.7 Å². The van der Waals surface area contributed by atoms with E-state index < -0.39 is 23.5 Å². The second kappa shape index (κ2) is 5.84. The summed E-state index contributed by atoms with van der Waals surface area (Å²) in [4.78, 5) is 22.3. The number of carboxylic acid groups (broad SMARTS) is 1. The zero-order chi connectivity index (χ0) is 12.9. The van der Waals surface area contributed by atoms with E-state index in [4.69, 9.17) is 5.11 Å². The van der Waals surface area contributed by atoms with Crippen LogP contribution in [0.4, 0.5) is 0 Å². The van der Waals surface area contributed by atoms with Crippen LogP contribution in [0.25, 0.3) is 0 Å². The van der Waals surface area contributed by atoms with Crippen LogP contribution in [-0.2, 0) is 14.3 Å². The first kappa shape index (κ1) is 14.9. The Hall–Kier alpha value is -1.10. The second-order valence-electron chi connectivity index (χ2n) is 4.36. The van der Waals surface area contributed by atoms with Crippen LogP contribution >= 0.6 is 0 Å². The molecular weight excluding hydrogens is 212 g/mol. The first-order chi connectivity index (χ1) is 7.22. The van der Waals surface area contributed by atoms with Gasteiger partial charge >= 0.3 is 11.9 Å². The summed E-state index contributed by atoms with van der Waals surface area (Å²) in [5.74, 6) is -3.50. The molecule has 0 aliphatic rings. The van der Waals surface area contributed by atoms with Crippen molar-refractivity contribution in [2.24, 2.45) is 11.8 Å². The lowest BCUT2D eigenvalue weighted by Gasteiger charge is -2.29. The van der Waals surface area contributed by atoms with Crippen molar-refractivity contribution in [1.29, 1.82) is 0 Å². The number of rotatable bonds is 6. The van der Waals surface area contributed by atoms with Crippen molar-refractivity contribution in [3.63, 3.8) is 0 Å². The molecule has 2 N–H and O–H groups in total. The lowest BCUT2D eigenvalue weighted by atomic mass is 9.83. The molecule has 0 saturated heterocycles. The number of esters is 1. The topological polar surface area (TPSA) is 83.8 Å². The van der Waals surface area contributed by atoms with Crippen LogP contribution in [0, 0.1) is 11.8 Å². The smallest absolute Gasteiger partial charge is 0.320 e. The van der Waals surface area contributed by atoms with Gasteiger partial charge in [0.05, 0.1) is 12.2 Å². The predicted molar refractivity (Wildman–Crippen MR) is 57.8 cm³/mol. The Bertz CT molecular complexity index is 257. The number of hydrogen-bond donors (Lipinski definition) is 2. The van der Waals surface area contributed by atoms with E-state index in [1.807, 2.05) is 0 Å². The maximum atomic E-state index is 11.4. The zero-order valence-corrected chi connectivity index (χ0v) is 10.2. The molecule has 0 radical (unpaired) electrons. The maximum absolute atomic E-state index is 11.4. The Balaban J connectivity index is 4.70. The molecule has 2 unspecified atom stereocenters. The number of carbonyl (C=O) groups is 2. The van der Waals surface area contributed by atoms with Gasteiger partial charge in [0.15, 0.2) is 5.92 Å². The van der Waals surface area contributed by atoms with Gasteiger partial charge in [-0.15, -0.1) is 0 Å². The van der Waals surface area contributed by atoms with Gasteiger partial charge in [0.1, 0.15) is 0 Å². The molecule has 0 bridgehead atoms. The van der Waals surface area contributed by atoms with Gasteiger partial charge < -0.3 is 14.9 Å². The van der Waals surface area contributed by atoms with E-state index in [9.17, 15) is 14.7 Å². The fourth-order valence-corrected chi connectivity index (χ4v) is 1.16. The molecule has 2 atom stereocenters. The first-order valence-corrected chi connectivity index (χ1v) is 5.34. The molecule has 0 fully saturated rings. The van der Waals surface area contributed by atoms with Gasteiger partial charge in [-0.3, -0.25) is 9.59 Å². The Morgan fingerprint density at radius 1 is 1.38 bits per heavy atom. The van der Waals surface area contributed by atoms with E-state index in [-0.39, 0.29) is 18.9 Å². The van der Waals surface area contributed by atoms with E-state index in [0.717, 1.165) is 0 Å². The number of carbonyl (C=O) groups excluding carboxylic acids is 1. The molecule has 5 heteroatoms. The Labute approximate surface area is 95.4 Å². The maximum Gasteiger partial charge on any atom is 0.320 e. The van der Waals surface area contributed by atoms with Crippen molar-refractivity contribution in [3.05, 3.63) is 0 Å². The lowest BCUT2D eigenvalue weighted by molar-refractivity contribution is -0.162. The van der Waals surface area contributed by atoms with Gasteiger partial charge in [0.2, 0.25) is 0 Å². The normalized spacial score (nSPS) is 16.6. The molecule has 0 aromatic carbocycles. The van der Waals surface area contributed by atoms with Crippen LogP contribution < -0.4 is 0 Å². The lowest BCUT2D eigenvalue weighted by Crippen LogP contribution is -2.39. The number of aliphatic carboxylic acids is 1. The SMILES string of the molecule is CCOC(=O)C(CC(C)(O)C(C)C)C(=O)O. The average Bonchev–Trinajstić information content (AvgIpc) is 2.13. The molecule has 0 amide bonds. The van der Waals surface area contributed by atoms with E-state index in [2.05, 4.69) is 4.74 Å². The molecule has 0 saturated carbocycles. The van der Waals surface area contributed by atoms with E-state index in [1.54, 1.807) is 20.8 Å². The minimum Gasteiger partial charge on any atom is -0.481 e. The molecule has 0 rings (SSSR count). The van der Waals surface area contributed by atoms with Crippen LogP contribution in [0.15, 0.2) is 0 Å². The monoisotopic (exact) mass is 232 g/mol. The van der Waals surface area contributed by atoms with Gasteiger partial charge in [-0.2, -0.15) is 0 Å². The average molecular weight is 232 g/mol. The molecule has 94 valence electrons. The summed E-state index contributed by atoms with van der Waals surface area (Å²) in [6, 6.07) is 0. The summed E-state index contributed by atoms with van der Waals surface area (Å²) in [6.07, 6.45) is -0.140. The molecule has 0 aromatic heterocycles. The molecule has 0 aromatic rings. The van der Waals surface area contributed by atoms with Gasteiger partial charge in [-0.1, -0.05) is 13.8 Å². The number of carboxylic acids is 1. The summed E-state index contributed by atoms with van der Waals surface area (Å²) in [5.41, 5.74) is -1.20. The molecule has 16 heavy (non-hydrogen) atoms.